The maximum atomic E-state index is 9.00. The van der Waals surface area contributed by atoms with Crippen molar-refractivity contribution in [2.75, 3.05) is 44.2 Å². The van der Waals surface area contributed by atoms with E-state index in [9.17, 15) is 0 Å². The second-order valence-corrected chi connectivity index (χ2v) is 4.25. The number of aromatic nitrogens is 2. The highest BCUT2D eigenvalue weighted by molar-refractivity contribution is 5.49. The number of rotatable bonds is 4. The second-order valence-electron chi connectivity index (χ2n) is 4.25. The van der Waals surface area contributed by atoms with Crippen LogP contribution in [-0.4, -0.2) is 59.3 Å². The van der Waals surface area contributed by atoms with Crippen LogP contribution in [0.4, 0.5) is 5.82 Å². The Hall–Kier alpha value is -1.71. The highest BCUT2D eigenvalue weighted by atomic mass is 16.3. The molecule has 1 N–H and O–H groups in total. The Morgan fingerprint density at radius 2 is 1.94 bits per heavy atom. The zero-order valence-electron chi connectivity index (χ0n) is 10.3. The van der Waals surface area contributed by atoms with Crippen LogP contribution in [0.1, 0.15) is 12.1 Å². The molecule has 1 fully saturated rings. The number of nitriles is 1. The molecule has 0 aromatic carbocycles. The number of nitrogens with zero attached hydrogens (tertiary/aromatic N) is 5. The van der Waals surface area contributed by atoms with Gasteiger partial charge >= 0.3 is 0 Å². The second kappa shape index (κ2) is 6.28. The highest BCUT2D eigenvalue weighted by Crippen LogP contribution is 2.16. The average molecular weight is 247 g/mol. The van der Waals surface area contributed by atoms with Gasteiger partial charge in [-0.2, -0.15) is 5.26 Å². The lowest BCUT2D eigenvalue weighted by atomic mass is 10.2. The fraction of sp³-hybridized carbons (Fsp3) is 0.583. The number of hydrogen-bond acceptors (Lipinski definition) is 6. The Labute approximate surface area is 106 Å². The van der Waals surface area contributed by atoms with Gasteiger partial charge in [-0.05, 0) is 6.42 Å². The fourth-order valence-electron chi connectivity index (χ4n) is 2.12. The minimum absolute atomic E-state index is 0.239. The summed E-state index contributed by atoms with van der Waals surface area (Å²) in [4.78, 5) is 12.7. The minimum atomic E-state index is 0.239. The number of hydrogen-bond donors (Lipinski definition) is 1. The molecule has 96 valence electrons. The van der Waals surface area contributed by atoms with Gasteiger partial charge in [0.05, 0.1) is 0 Å². The third kappa shape index (κ3) is 2.94. The summed E-state index contributed by atoms with van der Waals surface area (Å²) >= 11 is 0. The van der Waals surface area contributed by atoms with Crippen LogP contribution in [0.5, 0.6) is 0 Å². The normalized spacial score (nSPS) is 16.6. The van der Waals surface area contributed by atoms with Crippen molar-refractivity contribution < 1.29 is 5.11 Å². The number of aliphatic hydroxyl groups is 1. The van der Waals surface area contributed by atoms with E-state index in [1.807, 2.05) is 0 Å². The third-order valence-corrected chi connectivity index (χ3v) is 3.09. The van der Waals surface area contributed by atoms with Gasteiger partial charge in [0, 0.05) is 51.7 Å². The van der Waals surface area contributed by atoms with Crippen LogP contribution >= 0.6 is 0 Å². The first-order valence-electron chi connectivity index (χ1n) is 6.14. The molecule has 0 bridgehead atoms. The van der Waals surface area contributed by atoms with Gasteiger partial charge in [0.15, 0.2) is 11.5 Å². The van der Waals surface area contributed by atoms with E-state index in [-0.39, 0.29) is 6.61 Å². The molecule has 0 saturated carbocycles. The summed E-state index contributed by atoms with van der Waals surface area (Å²) in [6.07, 6.45) is 3.97. The number of anilines is 1. The lowest BCUT2D eigenvalue weighted by Gasteiger charge is -2.35. The van der Waals surface area contributed by atoms with Crippen molar-refractivity contribution in [2.24, 2.45) is 0 Å². The third-order valence-electron chi connectivity index (χ3n) is 3.09. The van der Waals surface area contributed by atoms with Crippen molar-refractivity contribution in [3.63, 3.8) is 0 Å². The summed E-state index contributed by atoms with van der Waals surface area (Å²) in [5.41, 5.74) is 0.390. The standard InChI is InChI=1S/C12H17N5O/c13-10-11-12(15-3-2-14-11)17-7-5-16(6-8-17)4-1-9-18/h2-3,18H,1,4-9H2. The van der Waals surface area contributed by atoms with Gasteiger partial charge in [-0.15, -0.1) is 0 Å². The first kappa shape index (κ1) is 12.7. The van der Waals surface area contributed by atoms with Crippen molar-refractivity contribution in [1.82, 2.24) is 14.9 Å². The summed E-state index contributed by atoms with van der Waals surface area (Å²) in [6.45, 7) is 4.72. The molecule has 0 atom stereocenters. The largest absolute Gasteiger partial charge is 0.396 e. The molecule has 2 heterocycles. The molecule has 0 unspecified atom stereocenters. The van der Waals surface area contributed by atoms with Gasteiger partial charge in [0.25, 0.3) is 0 Å². The molecule has 0 aliphatic carbocycles. The van der Waals surface area contributed by atoms with Crippen LogP contribution in [0.25, 0.3) is 0 Å². The average Bonchev–Trinajstić information content (AvgIpc) is 2.45. The molecule has 0 spiro atoms. The van der Waals surface area contributed by atoms with Crippen LogP contribution in [0.3, 0.4) is 0 Å². The Morgan fingerprint density at radius 1 is 1.22 bits per heavy atom. The fourth-order valence-corrected chi connectivity index (χ4v) is 2.12. The van der Waals surface area contributed by atoms with Gasteiger partial charge in [0.1, 0.15) is 6.07 Å². The number of aliphatic hydroxyl groups excluding tert-OH is 1. The molecule has 6 heteroatoms. The summed E-state index contributed by atoms with van der Waals surface area (Å²) in [7, 11) is 0. The predicted molar refractivity (Wildman–Crippen MR) is 67.1 cm³/mol. The van der Waals surface area contributed by atoms with E-state index in [0.29, 0.717) is 11.5 Å². The molecule has 1 aromatic heterocycles. The summed E-state index contributed by atoms with van der Waals surface area (Å²) in [5, 5.41) is 17.8. The molecule has 0 amide bonds. The summed E-state index contributed by atoms with van der Waals surface area (Å²) in [6, 6.07) is 2.08. The molecule has 18 heavy (non-hydrogen) atoms. The van der Waals surface area contributed by atoms with Gasteiger partial charge in [-0.3, -0.25) is 4.90 Å². The van der Waals surface area contributed by atoms with Crippen LogP contribution in [0, 0.1) is 11.3 Å². The van der Waals surface area contributed by atoms with Crippen molar-refractivity contribution in [3.8, 4) is 6.07 Å². The molecule has 1 saturated heterocycles. The number of piperazine rings is 1. The van der Waals surface area contributed by atoms with Gasteiger partial charge in [-0.1, -0.05) is 0 Å². The van der Waals surface area contributed by atoms with E-state index in [0.717, 1.165) is 39.1 Å². The highest BCUT2D eigenvalue weighted by Gasteiger charge is 2.20. The zero-order valence-corrected chi connectivity index (χ0v) is 10.3. The molecule has 2 rings (SSSR count). The lowest BCUT2D eigenvalue weighted by molar-refractivity contribution is 0.215. The topological polar surface area (TPSA) is 76.3 Å². The first-order chi connectivity index (χ1) is 8.85. The molecule has 1 aliphatic rings. The smallest absolute Gasteiger partial charge is 0.183 e. The van der Waals surface area contributed by atoms with E-state index in [2.05, 4.69) is 25.8 Å². The van der Waals surface area contributed by atoms with Gasteiger partial charge < -0.3 is 10.0 Å². The van der Waals surface area contributed by atoms with Crippen molar-refractivity contribution in [3.05, 3.63) is 18.1 Å². The Bertz CT molecular complexity index is 423. The molecule has 0 radical (unpaired) electrons. The zero-order chi connectivity index (χ0) is 12.8. The first-order valence-corrected chi connectivity index (χ1v) is 6.14. The van der Waals surface area contributed by atoms with E-state index >= 15 is 0 Å². The van der Waals surface area contributed by atoms with Crippen molar-refractivity contribution in [1.29, 1.82) is 5.26 Å². The summed E-state index contributed by atoms with van der Waals surface area (Å²) < 4.78 is 0. The van der Waals surface area contributed by atoms with Gasteiger partial charge in [0.2, 0.25) is 0 Å². The monoisotopic (exact) mass is 247 g/mol. The quantitative estimate of drug-likeness (QED) is 0.797. The molecule has 1 aromatic rings. The lowest BCUT2D eigenvalue weighted by Crippen LogP contribution is -2.47. The SMILES string of the molecule is N#Cc1nccnc1N1CCN(CCCO)CC1. The molecule has 1 aliphatic heterocycles. The van der Waals surface area contributed by atoms with Crippen LogP contribution in [0.2, 0.25) is 0 Å². The molecular weight excluding hydrogens is 230 g/mol. The van der Waals surface area contributed by atoms with E-state index < -0.39 is 0 Å². The maximum Gasteiger partial charge on any atom is 0.183 e. The van der Waals surface area contributed by atoms with E-state index in [1.54, 1.807) is 12.4 Å². The minimum Gasteiger partial charge on any atom is -0.396 e. The van der Waals surface area contributed by atoms with Crippen molar-refractivity contribution in [2.45, 2.75) is 6.42 Å². The van der Waals surface area contributed by atoms with E-state index in [4.69, 9.17) is 10.4 Å². The molecular formula is C12H17N5O. The van der Waals surface area contributed by atoms with E-state index in [1.165, 1.54) is 0 Å². The Morgan fingerprint density at radius 3 is 2.61 bits per heavy atom. The van der Waals surface area contributed by atoms with Gasteiger partial charge in [-0.25, -0.2) is 9.97 Å². The maximum absolute atomic E-state index is 9.00. The van der Waals surface area contributed by atoms with Crippen LogP contribution < -0.4 is 4.90 Å². The van der Waals surface area contributed by atoms with Crippen molar-refractivity contribution >= 4 is 5.82 Å². The predicted octanol–water partition coefficient (Wildman–Crippen LogP) is -0.147. The Kier molecular flexibility index (Phi) is 4.45. The molecule has 6 nitrogen and oxygen atoms in total. The van der Waals surface area contributed by atoms with Crippen LogP contribution in [0.15, 0.2) is 12.4 Å². The Balaban J connectivity index is 1.95. The summed E-state index contributed by atoms with van der Waals surface area (Å²) in [5.74, 6) is 0.682. The van der Waals surface area contributed by atoms with Crippen LogP contribution in [-0.2, 0) is 0 Å².